The van der Waals surface area contributed by atoms with Crippen molar-refractivity contribution in [3.8, 4) is 0 Å². The van der Waals surface area contributed by atoms with Gasteiger partial charge in [0.1, 0.15) is 0 Å². The Morgan fingerprint density at radius 3 is 2.30 bits per heavy atom. The lowest BCUT2D eigenvalue weighted by Crippen LogP contribution is -2.12. The first kappa shape index (κ1) is 15.7. The van der Waals surface area contributed by atoms with Crippen molar-refractivity contribution in [1.82, 2.24) is 0 Å². The van der Waals surface area contributed by atoms with Crippen LogP contribution in [0.15, 0.2) is 48.5 Å². The van der Waals surface area contributed by atoms with E-state index >= 15 is 0 Å². The molecule has 104 valence electrons. The highest BCUT2D eigenvalue weighted by Gasteiger charge is 2.08. The van der Waals surface area contributed by atoms with Crippen molar-refractivity contribution in [3.63, 3.8) is 0 Å². The Balaban J connectivity index is 0.00000200. The molecule has 1 amide bonds. The normalized spacial score (nSPS) is 9.45. The van der Waals surface area contributed by atoms with E-state index in [0.717, 1.165) is 5.56 Å². The number of hydrogen-bond acceptors (Lipinski definition) is 2. The fraction of sp³-hybridized carbons (Fsp3) is 0.0667. The van der Waals surface area contributed by atoms with Gasteiger partial charge in [0.2, 0.25) is 0 Å². The molecule has 0 radical (unpaired) electrons. The van der Waals surface area contributed by atoms with Crippen molar-refractivity contribution in [2.45, 2.75) is 6.92 Å². The van der Waals surface area contributed by atoms with Crippen molar-refractivity contribution < 1.29 is 14.7 Å². The van der Waals surface area contributed by atoms with Gasteiger partial charge in [0.15, 0.2) is 0 Å². The number of nitrogens with one attached hydrogen (secondary N) is 1. The van der Waals surface area contributed by atoms with Gasteiger partial charge in [-0.2, -0.15) is 0 Å². The fourth-order valence-corrected chi connectivity index (χ4v) is 1.72. The monoisotopic (exact) mass is 291 g/mol. The molecule has 4 nitrogen and oxygen atoms in total. The lowest BCUT2D eigenvalue weighted by molar-refractivity contribution is 0.0696. The first-order valence-corrected chi connectivity index (χ1v) is 5.77. The molecule has 2 aromatic rings. The van der Waals surface area contributed by atoms with Crippen LogP contribution in [-0.4, -0.2) is 17.0 Å². The second-order valence-electron chi connectivity index (χ2n) is 4.21. The third-order valence-corrected chi connectivity index (χ3v) is 2.65. The number of rotatable bonds is 3. The highest BCUT2D eigenvalue weighted by atomic mass is 35.5. The molecule has 0 heterocycles. The molecule has 0 aliphatic heterocycles. The molecule has 0 unspecified atom stereocenters. The SMILES string of the molecule is Cc1cccc(C(=O)Nc2cccc(C(=O)O)c2)c1.Cl. The van der Waals surface area contributed by atoms with E-state index in [1.807, 2.05) is 13.0 Å². The summed E-state index contributed by atoms with van der Waals surface area (Å²) in [6.45, 7) is 1.90. The standard InChI is InChI=1S/C15H13NO3.ClH/c1-10-4-2-5-11(8-10)14(17)16-13-7-3-6-12(9-13)15(18)19;/h2-9H,1H3,(H,16,17)(H,18,19);1H. The van der Waals surface area contributed by atoms with Crippen molar-refractivity contribution in [2.75, 3.05) is 5.32 Å². The smallest absolute Gasteiger partial charge is 0.335 e. The van der Waals surface area contributed by atoms with Gasteiger partial charge >= 0.3 is 5.97 Å². The van der Waals surface area contributed by atoms with Gasteiger partial charge in [-0.1, -0.05) is 23.8 Å². The Morgan fingerprint density at radius 1 is 1.00 bits per heavy atom. The van der Waals surface area contributed by atoms with Gasteiger partial charge in [-0.25, -0.2) is 4.79 Å². The average molecular weight is 292 g/mol. The number of carboxylic acids is 1. The lowest BCUT2D eigenvalue weighted by atomic mass is 10.1. The molecule has 2 aromatic carbocycles. The van der Waals surface area contributed by atoms with Crippen LogP contribution in [-0.2, 0) is 0 Å². The molecule has 0 aliphatic rings. The minimum absolute atomic E-state index is 0. The van der Waals surface area contributed by atoms with Gasteiger partial charge < -0.3 is 10.4 Å². The molecule has 20 heavy (non-hydrogen) atoms. The zero-order chi connectivity index (χ0) is 13.8. The number of carbonyl (C=O) groups is 2. The predicted octanol–water partition coefficient (Wildman–Crippen LogP) is 3.37. The van der Waals surface area contributed by atoms with E-state index in [4.69, 9.17) is 5.11 Å². The minimum atomic E-state index is -1.02. The van der Waals surface area contributed by atoms with Crippen LogP contribution in [0.2, 0.25) is 0 Å². The van der Waals surface area contributed by atoms with E-state index in [-0.39, 0.29) is 23.9 Å². The molecule has 2 rings (SSSR count). The topological polar surface area (TPSA) is 66.4 Å². The van der Waals surface area contributed by atoms with Crippen LogP contribution < -0.4 is 5.32 Å². The largest absolute Gasteiger partial charge is 0.478 e. The summed E-state index contributed by atoms with van der Waals surface area (Å²) in [7, 11) is 0. The summed E-state index contributed by atoms with van der Waals surface area (Å²) in [5.74, 6) is -1.28. The quantitative estimate of drug-likeness (QED) is 0.911. The molecule has 5 heteroatoms. The van der Waals surface area contributed by atoms with E-state index in [1.165, 1.54) is 12.1 Å². The van der Waals surface area contributed by atoms with Crippen LogP contribution >= 0.6 is 12.4 Å². The second-order valence-corrected chi connectivity index (χ2v) is 4.21. The van der Waals surface area contributed by atoms with Gasteiger partial charge in [-0.05, 0) is 37.3 Å². The van der Waals surface area contributed by atoms with Gasteiger partial charge in [-0.3, -0.25) is 4.79 Å². The number of benzene rings is 2. The first-order chi connectivity index (χ1) is 9.06. The molecule has 0 fully saturated rings. The number of carboxylic acid groups (broad SMARTS) is 1. The summed E-state index contributed by atoms with van der Waals surface area (Å²) in [4.78, 5) is 22.8. The molecule has 0 saturated heterocycles. The van der Waals surface area contributed by atoms with Crippen molar-refractivity contribution in [3.05, 3.63) is 65.2 Å². The highest BCUT2D eigenvalue weighted by Crippen LogP contribution is 2.13. The summed E-state index contributed by atoms with van der Waals surface area (Å²) < 4.78 is 0. The first-order valence-electron chi connectivity index (χ1n) is 5.77. The van der Waals surface area contributed by atoms with Crippen LogP contribution in [0.25, 0.3) is 0 Å². The van der Waals surface area contributed by atoms with E-state index in [0.29, 0.717) is 11.3 Å². The maximum atomic E-state index is 12.0. The Bertz CT molecular complexity index is 641. The lowest BCUT2D eigenvalue weighted by Gasteiger charge is -2.06. The van der Waals surface area contributed by atoms with Crippen LogP contribution in [0, 0.1) is 6.92 Å². The molecule has 0 atom stereocenters. The number of aromatic carboxylic acids is 1. The zero-order valence-electron chi connectivity index (χ0n) is 10.8. The summed E-state index contributed by atoms with van der Waals surface area (Å²) in [5.41, 5.74) is 2.14. The number of hydrogen-bond donors (Lipinski definition) is 2. The maximum Gasteiger partial charge on any atom is 0.335 e. The van der Waals surface area contributed by atoms with E-state index in [1.54, 1.807) is 30.3 Å². The molecular formula is C15H14ClNO3. The number of amides is 1. The van der Waals surface area contributed by atoms with Crippen LogP contribution in [0.4, 0.5) is 5.69 Å². The summed E-state index contributed by atoms with van der Waals surface area (Å²) in [6.07, 6.45) is 0. The van der Waals surface area contributed by atoms with Gasteiger partial charge in [0.25, 0.3) is 5.91 Å². The van der Waals surface area contributed by atoms with Crippen LogP contribution in [0.1, 0.15) is 26.3 Å². The molecule has 0 aromatic heterocycles. The Kier molecular flexibility index (Phi) is 5.29. The predicted molar refractivity (Wildman–Crippen MR) is 79.8 cm³/mol. The van der Waals surface area contributed by atoms with Crippen LogP contribution in [0.3, 0.4) is 0 Å². The third kappa shape index (κ3) is 3.83. The molecule has 0 saturated carbocycles. The molecule has 0 bridgehead atoms. The molecule has 0 aliphatic carbocycles. The van der Waals surface area contributed by atoms with E-state index in [9.17, 15) is 9.59 Å². The van der Waals surface area contributed by atoms with Gasteiger partial charge in [-0.15, -0.1) is 12.4 Å². The average Bonchev–Trinajstić information content (AvgIpc) is 2.39. The number of anilines is 1. The van der Waals surface area contributed by atoms with Gasteiger partial charge in [0, 0.05) is 11.3 Å². The Labute approximate surface area is 122 Å². The van der Waals surface area contributed by atoms with Crippen molar-refractivity contribution in [1.29, 1.82) is 0 Å². The van der Waals surface area contributed by atoms with Gasteiger partial charge in [0.05, 0.1) is 5.56 Å². The second kappa shape index (κ2) is 6.73. The summed E-state index contributed by atoms with van der Waals surface area (Å²) >= 11 is 0. The molecule has 0 spiro atoms. The minimum Gasteiger partial charge on any atom is -0.478 e. The van der Waals surface area contributed by atoms with E-state index in [2.05, 4.69) is 5.32 Å². The fourth-order valence-electron chi connectivity index (χ4n) is 1.72. The summed E-state index contributed by atoms with van der Waals surface area (Å²) in [6, 6.07) is 13.3. The van der Waals surface area contributed by atoms with Crippen molar-refractivity contribution >= 4 is 30.0 Å². The maximum absolute atomic E-state index is 12.0. The number of carbonyl (C=O) groups excluding carboxylic acids is 1. The van der Waals surface area contributed by atoms with Crippen molar-refractivity contribution in [2.24, 2.45) is 0 Å². The van der Waals surface area contributed by atoms with E-state index < -0.39 is 5.97 Å². The third-order valence-electron chi connectivity index (χ3n) is 2.65. The Morgan fingerprint density at radius 2 is 1.65 bits per heavy atom. The molecule has 2 N–H and O–H groups in total. The molecular weight excluding hydrogens is 278 g/mol. The number of halogens is 1. The summed E-state index contributed by atoms with van der Waals surface area (Å²) in [5, 5.41) is 11.6. The van der Waals surface area contributed by atoms with Crippen LogP contribution in [0.5, 0.6) is 0 Å². The Hall–Kier alpha value is -2.33. The number of aryl methyl sites for hydroxylation is 1. The highest BCUT2D eigenvalue weighted by molar-refractivity contribution is 6.04. The zero-order valence-corrected chi connectivity index (χ0v) is 11.6.